The first-order chi connectivity index (χ1) is 3.63. The Hall–Kier alpha value is 0.820. The van der Waals surface area contributed by atoms with Crippen molar-refractivity contribution in [2.24, 2.45) is 5.92 Å². The van der Waals surface area contributed by atoms with Gasteiger partial charge >= 0.3 is 34.9 Å². The third kappa shape index (κ3) is 12.1. The van der Waals surface area contributed by atoms with E-state index in [1.54, 1.807) is 0 Å². The normalized spacial score (nSPS) is 8.78. The number of hydrogen-bond acceptors (Lipinski definition) is 2. The van der Waals surface area contributed by atoms with Gasteiger partial charge in [-0.25, -0.2) is 4.79 Å². The topological polar surface area (TPSA) is 37.3 Å². The van der Waals surface area contributed by atoms with Gasteiger partial charge in [0.05, 0.1) is 0 Å². The summed E-state index contributed by atoms with van der Waals surface area (Å²) < 4.78 is 0. The summed E-state index contributed by atoms with van der Waals surface area (Å²) in [5.74, 6) is 1.17. The summed E-state index contributed by atoms with van der Waals surface area (Å²) >= 11 is 0.956. The second-order valence-electron chi connectivity index (χ2n) is 1.97. The van der Waals surface area contributed by atoms with E-state index < -0.39 is 5.30 Å². The van der Waals surface area contributed by atoms with Crippen LogP contribution in [0, 0.1) is 5.92 Å². The van der Waals surface area contributed by atoms with E-state index in [9.17, 15) is 4.79 Å². The Morgan fingerprint density at radius 3 is 2.22 bits per heavy atom. The van der Waals surface area contributed by atoms with Gasteiger partial charge in [0.2, 0.25) is 0 Å². The van der Waals surface area contributed by atoms with Crippen LogP contribution >= 0.6 is 11.8 Å². The molecule has 0 unspecified atom stereocenters. The summed E-state index contributed by atoms with van der Waals surface area (Å²) in [6.45, 7) is 3.99. The van der Waals surface area contributed by atoms with Crippen LogP contribution in [-0.2, 0) is 0 Å². The molecule has 0 aliphatic carbocycles. The first-order valence-electron chi connectivity index (χ1n) is 2.48. The van der Waals surface area contributed by atoms with Crippen molar-refractivity contribution in [2.75, 3.05) is 5.75 Å². The summed E-state index contributed by atoms with van der Waals surface area (Å²) in [7, 11) is 0. The molecular formula is C5H11NaO2S. The molecule has 0 fully saturated rings. The zero-order valence-electron chi connectivity index (χ0n) is 5.05. The van der Waals surface area contributed by atoms with Gasteiger partial charge in [-0.15, -0.1) is 0 Å². The van der Waals surface area contributed by atoms with Crippen LogP contribution in [0.5, 0.6) is 0 Å². The van der Waals surface area contributed by atoms with E-state index in [4.69, 9.17) is 5.11 Å². The Balaban J connectivity index is 0. The molecule has 0 aromatic heterocycles. The maximum atomic E-state index is 9.87. The van der Waals surface area contributed by atoms with Gasteiger partial charge in [-0.3, -0.25) is 0 Å². The van der Waals surface area contributed by atoms with Crippen LogP contribution in [0.2, 0.25) is 0 Å². The van der Waals surface area contributed by atoms with Crippen molar-refractivity contribution < 1.29 is 9.90 Å². The molecule has 0 amide bonds. The number of rotatable bonds is 2. The number of thioether (sulfide) groups is 1. The van der Waals surface area contributed by atoms with Gasteiger partial charge < -0.3 is 5.11 Å². The summed E-state index contributed by atoms with van der Waals surface area (Å²) in [5, 5.41) is 7.35. The minimum atomic E-state index is -0.779. The van der Waals surface area contributed by atoms with Gasteiger partial charge in [0.1, 0.15) is 0 Å². The quantitative estimate of drug-likeness (QED) is 0.617. The molecule has 9 heavy (non-hydrogen) atoms. The predicted molar refractivity (Wildman–Crippen MR) is 42.5 cm³/mol. The molecule has 4 heteroatoms. The van der Waals surface area contributed by atoms with Crippen molar-refractivity contribution in [1.82, 2.24) is 0 Å². The molecular weight excluding hydrogens is 147 g/mol. The summed E-state index contributed by atoms with van der Waals surface area (Å²) in [5.41, 5.74) is 0. The molecule has 0 bridgehead atoms. The first kappa shape index (κ1) is 12.5. The molecule has 0 aromatic carbocycles. The fraction of sp³-hybridized carbons (Fsp3) is 0.800. The van der Waals surface area contributed by atoms with Gasteiger partial charge in [0.25, 0.3) is 0 Å². The van der Waals surface area contributed by atoms with Crippen molar-refractivity contribution in [1.29, 1.82) is 0 Å². The van der Waals surface area contributed by atoms with E-state index in [-0.39, 0.29) is 29.6 Å². The molecule has 0 rings (SSSR count). The van der Waals surface area contributed by atoms with Crippen molar-refractivity contribution in [3.8, 4) is 0 Å². The second kappa shape index (κ2) is 6.93. The van der Waals surface area contributed by atoms with Gasteiger partial charge in [-0.05, 0) is 17.7 Å². The molecule has 0 aliphatic heterocycles. The Morgan fingerprint density at radius 1 is 1.67 bits per heavy atom. The first-order valence-corrected chi connectivity index (χ1v) is 3.47. The molecule has 50 valence electrons. The van der Waals surface area contributed by atoms with Gasteiger partial charge in [0.15, 0.2) is 0 Å². The van der Waals surface area contributed by atoms with Crippen LogP contribution in [0.15, 0.2) is 0 Å². The van der Waals surface area contributed by atoms with Gasteiger partial charge in [-0.1, -0.05) is 13.8 Å². The fourth-order valence-corrected chi connectivity index (χ4v) is 0.714. The molecule has 0 aromatic rings. The van der Waals surface area contributed by atoms with Crippen LogP contribution < -0.4 is 0 Å². The Kier molecular flexibility index (Phi) is 9.62. The third-order valence-electron chi connectivity index (χ3n) is 0.540. The summed E-state index contributed by atoms with van der Waals surface area (Å²) in [6.07, 6.45) is 0. The molecule has 0 saturated carbocycles. The summed E-state index contributed by atoms with van der Waals surface area (Å²) in [4.78, 5) is 9.87. The molecule has 0 radical (unpaired) electrons. The van der Waals surface area contributed by atoms with Gasteiger partial charge in [-0.2, -0.15) is 0 Å². The Morgan fingerprint density at radius 2 is 2.11 bits per heavy atom. The van der Waals surface area contributed by atoms with Crippen LogP contribution in [0.1, 0.15) is 13.8 Å². The summed E-state index contributed by atoms with van der Waals surface area (Å²) in [6, 6.07) is 0. The SMILES string of the molecule is CC(C)CSC(=O)O.[NaH]. The van der Waals surface area contributed by atoms with Crippen LogP contribution in [-0.4, -0.2) is 45.7 Å². The second-order valence-corrected chi connectivity index (χ2v) is 2.94. The molecule has 2 nitrogen and oxygen atoms in total. The fourth-order valence-electron chi connectivity index (χ4n) is 0.238. The van der Waals surface area contributed by atoms with E-state index >= 15 is 0 Å². The van der Waals surface area contributed by atoms with E-state index in [0.717, 1.165) is 11.8 Å². The zero-order valence-corrected chi connectivity index (χ0v) is 5.86. The Bertz CT molecular complexity index is 85.0. The van der Waals surface area contributed by atoms with E-state index in [1.165, 1.54) is 0 Å². The molecule has 0 saturated heterocycles. The minimum absolute atomic E-state index is 0. The van der Waals surface area contributed by atoms with E-state index in [0.29, 0.717) is 11.7 Å². The van der Waals surface area contributed by atoms with Crippen LogP contribution in [0.25, 0.3) is 0 Å². The molecule has 0 heterocycles. The number of hydrogen-bond donors (Lipinski definition) is 1. The van der Waals surface area contributed by atoms with Crippen molar-refractivity contribution in [3.05, 3.63) is 0 Å². The van der Waals surface area contributed by atoms with Crippen molar-refractivity contribution >= 4 is 46.6 Å². The average Bonchev–Trinajstić information content (AvgIpc) is 1.61. The average molecular weight is 158 g/mol. The van der Waals surface area contributed by atoms with Crippen molar-refractivity contribution in [2.45, 2.75) is 13.8 Å². The number of carbonyl (C=O) groups is 1. The van der Waals surface area contributed by atoms with Crippen LogP contribution in [0.4, 0.5) is 4.79 Å². The molecule has 1 N–H and O–H groups in total. The molecule has 0 aliphatic rings. The maximum absolute atomic E-state index is 9.87. The van der Waals surface area contributed by atoms with Crippen molar-refractivity contribution in [3.63, 3.8) is 0 Å². The third-order valence-corrected chi connectivity index (χ3v) is 1.62. The molecule has 0 atom stereocenters. The predicted octanol–water partition coefficient (Wildman–Crippen LogP) is 1.41. The van der Waals surface area contributed by atoms with E-state index in [1.807, 2.05) is 13.8 Å². The van der Waals surface area contributed by atoms with Gasteiger partial charge in [0, 0.05) is 5.75 Å². The van der Waals surface area contributed by atoms with E-state index in [2.05, 4.69) is 0 Å². The molecule has 0 spiro atoms. The van der Waals surface area contributed by atoms with Crippen LogP contribution in [0.3, 0.4) is 0 Å². The Labute approximate surface area is 81.7 Å². The number of carboxylic acid groups (broad SMARTS) is 1. The standard InChI is InChI=1S/C5H10O2S.Na.H/c1-4(2)3-8-5(6)7;;/h4H,3H2,1-2H3,(H,6,7);;. The zero-order chi connectivity index (χ0) is 6.57. The monoisotopic (exact) mass is 158 g/mol.